The van der Waals surface area contributed by atoms with Gasteiger partial charge in [-0.25, -0.2) is 9.78 Å². The summed E-state index contributed by atoms with van der Waals surface area (Å²) in [7, 11) is 0. The number of aliphatic carboxylic acids is 1. The third-order valence-corrected chi connectivity index (χ3v) is 5.28. The quantitative estimate of drug-likeness (QED) is 0.503. The van der Waals surface area contributed by atoms with Crippen molar-refractivity contribution < 1.29 is 19.4 Å². The molecule has 8 nitrogen and oxygen atoms in total. The minimum Gasteiger partial charge on any atom is -0.482 e. The highest BCUT2D eigenvalue weighted by molar-refractivity contribution is 5.95. The van der Waals surface area contributed by atoms with Crippen LogP contribution >= 0.6 is 0 Å². The molecule has 2 aromatic carbocycles. The van der Waals surface area contributed by atoms with Gasteiger partial charge in [0.05, 0.1) is 5.69 Å². The molecule has 32 heavy (non-hydrogen) atoms. The summed E-state index contributed by atoms with van der Waals surface area (Å²) in [5.41, 5.74) is 10.5. The number of aromatic nitrogens is 2. The topological polar surface area (TPSA) is 119 Å². The number of amides is 1. The molecular formula is C24H24N4O4. The number of benzene rings is 2. The van der Waals surface area contributed by atoms with Gasteiger partial charge in [-0.3, -0.25) is 9.36 Å². The number of nitrogen functional groups attached to an aromatic ring is 1. The summed E-state index contributed by atoms with van der Waals surface area (Å²) < 4.78 is 6.98. The second-order valence-corrected chi connectivity index (χ2v) is 7.79. The number of rotatable bonds is 8. The summed E-state index contributed by atoms with van der Waals surface area (Å²) in [6.07, 6.45) is 3.64. The lowest BCUT2D eigenvalue weighted by atomic mass is 10.0. The normalized spacial score (nSPS) is 12.9. The molecule has 0 spiro atoms. The molecule has 1 heterocycles. The summed E-state index contributed by atoms with van der Waals surface area (Å²) in [5.74, 6) is -0.361. The molecule has 1 amide bonds. The van der Waals surface area contributed by atoms with Gasteiger partial charge < -0.3 is 20.9 Å². The number of ether oxygens (including phenoxy) is 1. The number of hydrogen-bond acceptors (Lipinski definition) is 5. The Morgan fingerprint density at radius 1 is 1.25 bits per heavy atom. The molecule has 1 aliphatic carbocycles. The van der Waals surface area contributed by atoms with Gasteiger partial charge in [-0.2, -0.15) is 0 Å². The van der Waals surface area contributed by atoms with Crippen LogP contribution in [0.3, 0.4) is 0 Å². The van der Waals surface area contributed by atoms with Crippen molar-refractivity contribution in [2.45, 2.75) is 25.8 Å². The molecule has 0 atom stereocenters. The Morgan fingerprint density at radius 3 is 2.75 bits per heavy atom. The van der Waals surface area contributed by atoms with Crippen LogP contribution in [0.1, 0.15) is 40.0 Å². The van der Waals surface area contributed by atoms with Crippen molar-refractivity contribution >= 4 is 23.3 Å². The number of nitrogens with two attached hydrogens (primary N) is 1. The zero-order chi connectivity index (χ0) is 22.8. The van der Waals surface area contributed by atoms with E-state index < -0.39 is 12.6 Å². The number of carbonyl (C=O) groups excluding carboxylic acids is 1. The van der Waals surface area contributed by atoms with Gasteiger partial charge in [0.1, 0.15) is 23.6 Å². The molecule has 0 saturated heterocycles. The van der Waals surface area contributed by atoms with Crippen molar-refractivity contribution in [3.8, 4) is 11.4 Å². The first-order chi connectivity index (χ1) is 15.3. The Balaban J connectivity index is 1.61. The number of carboxylic acids is 1. The van der Waals surface area contributed by atoms with Crippen LogP contribution in [0, 0.1) is 6.92 Å². The zero-order valence-electron chi connectivity index (χ0n) is 17.7. The Morgan fingerprint density at radius 2 is 2.03 bits per heavy atom. The van der Waals surface area contributed by atoms with Gasteiger partial charge in [-0.05, 0) is 55.2 Å². The predicted octanol–water partition coefficient (Wildman–Crippen LogP) is 3.18. The lowest BCUT2D eigenvalue weighted by molar-refractivity contribution is -0.139. The van der Waals surface area contributed by atoms with E-state index in [1.807, 2.05) is 19.1 Å². The number of anilines is 1. The van der Waals surface area contributed by atoms with Gasteiger partial charge in [0.15, 0.2) is 6.61 Å². The monoisotopic (exact) mass is 432 g/mol. The van der Waals surface area contributed by atoms with Crippen molar-refractivity contribution in [1.29, 1.82) is 0 Å². The van der Waals surface area contributed by atoms with E-state index in [0.29, 0.717) is 34.0 Å². The van der Waals surface area contributed by atoms with Crippen molar-refractivity contribution in [2.24, 2.45) is 0 Å². The van der Waals surface area contributed by atoms with Crippen LogP contribution in [0.15, 0.2) is 55.4 Å². The van der Waals surface area contributed by atoms with Crippen molar-refractivity contribution in [1.82, 2.24) is 14.9 Å². The zero-order valence-corrected chi connectivity index (χ0v) is 17.7. The number of imidazole rings is 1. The van der Waals surface area contributed by atoms with Gasteiger partial charge in [0.25, 0.3) is 5.91 Å². The molecule has 1 aliphatic rings. The molecule has 1 aromatic heterocycles. The average molecular weight is 432 g/mol. The predicted molar refractivity (Wildman–Crippen MR) is 121 cm³/mol. The van der Waals surface area contributed by atoms with E-state index in [0.717, 1.165) is 24.1 Å². The second-order valence-electron chi connectivity index (χ2n) is 7.79. The van der Waals surface area contributed by atoms with Crippen LogP contribution in [0.25, 0.3) is 11.3 Å². The SMILES string of the molecule is C=C(c1cccc(OCC(=O)O)c1)c1ncn(-c2cc(C(=O)NC3CC3)ccc2C)c1N. The van der Waals surface area contributed by atoms with E-state index in [9.17, 15) is 9.59 Å². The molecular weight excluding hydrogens is 408 g/mol. The number of hydrogen-bond donors (Lipinski definition) is 3. The third kappa shape index (κ3) is 4.49. The Kier molecular flexibility index (Phi) is 5.68. The average Bonchev–Trinajstić information content (AvgIpc) is 3.51. The molecule has 4 rings (SSSR count). The van der Waals surface area contributed by atoms with Crippen LogP contribution in [-0.2, 0) is 4.79 Å². The maximum Gasteiger partial charge on any atom is 0.341 e. The second kappa shape index (κ2) is 8.58. The van der Waals surface area contributed by atoms with E-state index in [4.69, 9.17) is 15.6 Å². The van der Waals surface area contributed by atoms with Gasteiger partial charge in [-0.15, -0.1) is 0 Å². The number of nitrogens with zero attached hydrogens (tertiary/aromatic N) is 2. The highest BCUT2D eigenvalue weighted by atomic mass is 16.5. The highest BCUT2D eigenvalue weighted by Gasteiger charge is 2.24. The van der Waals surface area contributed by atoms with Crippen LogP contribution in [-0.4, -0.2) is 39.2 Å². The molecule has 0 aliphatic heterocycles. The Hall–Kier alpha value is -4.07. The fourth-order valence-electron chi connectivity index (χ4n) is 3.34. The molecule has 1 saturated carbocycles. The van der Waals surface area contributed by atoms with Crippen LogP contribution in [0.2, 0.25) is 0 Å². The maximum absolute atomic E-state index is 12.5. The summed E-state index contributed by atoms with van der Waals surface area (Å²) in [4.78, 5) is 27.7. The minimum absolute atomic E-state index is 0.102. The van der Waals surface area contributed by atoms with Gasteiger partial charge in [0.2, 0.25) is 0 Å². The van der Waals surface area contributed by atoms with E-state index in [1.54, 1.807) is 41.2 Å². The first-order valence-corrected chi connectivity index (χ1v) is 10.2. The summed E-state index contributed by atoms with van der Waals surface area (Å²) in [6.45, 7) is 5.62. The van der Waals surface area contributed by atoms with Gasteiger partial charge in [-0.1, -0.05) is 24.8 Å². The van der Waals surface area contributed by atoms with E-state index in [2.05, 4.69) is 16.9 Å². The van der Waals surface area contributed by atoms with E-state index in [1.165, 1.54) is 0 Å². The molecule has 0 unspecified atom stereocenters. The number of carbonyl (C=O) groups is 2. The number of nitrogens with one attached hydrogen (secondary N) is 1. The van der Waals surface area contributed by atoms with E-state index in [-0.39, 0.29) is 11.9 Å². The Bertz CT molecular complexity index is 1210. The molecule has 164 valence electrons. The fourth-order valence-corrected chi connectivity index (χ4v) is 3.34. The number of carboxylic acid groups (broad SMARTS) is 1. The largest absolute Gasteiger partial charge is 0.482 e. The molecule has 1 fully saturated rings. The molecule has 3 aromatic rings. The first kappa shape index (κ1) is 21.2. The fraction of sp³-hybridized carbons (Fsp3) is 0.208. The van der Waals surface area contributed by atoms with E-state index >= 15 is 0 Å². The number of aryl methyl sites for hydroxylation is 1. The van der Waals surface area contributed by atoms with Crippen molar-refractivity contribution in [3.05, 3.63) is 77.8 Å². The maximum atomic E-state index is 12.5. The summed E-state index contributed by atoms with van der Waals surface area (Å²) >= 11 is 0. The summed E-state index contributed by atoms with van der Waals surface area (Å²) in [5, 5.41) is 11.8. The third-order valence-electron chi connectivity index (χ3n) is 5.28. The van der Waals surface area contributed by atoms with Crippen LogP contribution in [0.4, 0.5) is 5.82 Å². The van der Waals surface area contributed by atoms with Crippen LogP contribution in [0.5, 0.6) is 5.75 Å². The molecule has 4 N–H and O–H groups in total. The standard InChI is InChI=1S/C24H24N4O4/c1-14-6-7-17(24(31)27-18-8-9-18)11-20(14)28-13-26-22(23(28)25)15(2)16-4-3-5-19(10-16)32-12-21(29)30/h3-7,10-11,13,18H,2,8-9,12,25H2,1H3,(H,27,31)(H,29,30). The minimum atomic E-state index is -1.05. The van der Waals surface area contributed by atoms with Crippen LogP contribution < -0.4 is 15.8 Å². The molecule has 8 heteroatoms. The smallest absolute Gasteiger partial charge is 0.341 e. The lowest BCUT2D eigenvalue weighted by Crippen LogP contribution is -2.25. The van der Waals surface area contributed by atoms with Gasteiger partial charge >= 0.3 is 5.97 Å². The Labute approximate surface area is 185 Å². The van der Waals surface area contributed by atoms with Crippen molar-refractivity contribution in [2.75, 3.05) is 12.3 Å². The lowest BCUT2D eigenvalue weighted by Gasteiger charge is -2.12. The molecule has 0 radical (unpaired) electrons. The highest BCUT2D eigenvalue weighted by Crippen LogP contribution is 2.30. The molecule has 0 bridgehead atoms. The first-order valence-electron chi connectivity index (χ1n) is 10.2. The van der Waals surface area contributed by atoms with Crippen molar-refractivity contribution in [3.63, 3.8) is 0 Å². The summed E-state index contributed by atoms with van der Waals surface area (Å²) in [6, 6.07) is 12.7. The van der Waals surface area contributed by atoms with Gasteiger partial charge in [0, 0.05) is 17.2 Å².